The SMILES string of the molecule is O=C(c1cccc([N+](=O)[O-])c1)[C@@H]1[C@H]2C(=O)N(c3ccc(Br)cc3)C(=O)[C@@H]2[C@H]2C=CC=NN21. The number of nitro benzene ring substituents is 1. The van der Waals surface area contributed by atoms with E-state index in [0.717, 1.165) is 9.37 Å². The van der Waals surface area contributed by atoms with E-state index in [0.29, 0.717) is 5.69 Å². The molecular formula is C22H15BrN4O5. The summed E-state index contributed by atoms with van der Waals surface area (Å²) in [4.78, 5) is 52.1. The number of Topliss-reactive ketones (excluding diaryl/α,β-unsaturated/α-hetero) is 1. The van der Waals surface area contributed by atoms with Gasteiger partial charge in [0.2, 0.25) is 11.8 Å². The van der Waals surface area contributed by atoms with E-state index in [1.54, 1.807) is 36.4 Å². The van der Waals surface area contributed by atoms with Gasteiger partial charge in [-0.15, -0.1) is 0 Å². The molecule has 0 aliphatic carbocycles. The Morgan fingerprint density at radius 2 is 1.78 bits per heavy atom. The molecule has 2 fully saturated rings. The summed E-state index contributed by atoms with van der Waals surface area (Å²) in [6.45, 7) is 0. The van der Waals surface area contributed by atoms with Crippen LogP contribution in [0.5, 0.6) is 0 Å². The molecule has 3 heterocycles. The molecule has 0 N–H and O–H groups in total. The zero-order chi connectivity index (χ0) is 22.6. The van der Waals surface area contributed by atoms with Crippen molar-refractivity contribution in [2.45, 2.75) is 12.1 Å². The van der Waals surface area contributed by atoms with Gasteiger partial charge in [0.05, 0.1) is 28.5 Å². The summed E-state index contributed by atoms with van der Waals surface area (Å²) in [5.74, 6) is -3.11. The summed E-state index contributed by atoms with van der Waals surface area (Å²) in [6.07, 6.45) is 4.92. The van der Waals surface area contributed by atoms with Crippen LogP contribution < -0.4 is 4.90 Å². The monoisotopic (exact) mass is 494 g/mol. The number of amides is 2. The van der Waals surface area contributed by atoms with Crippen LogP contribution in [0.2, 0.25) is 0 Å². The molecule has 2 aromatic rings. The number of halogens is 1. The minimum atomic E-state index is -1.05. The molecule has 2 amide bonds. The van der Waals surface area contributed by atoms with Crippen molar-refractivity contribution in [3.63, 3.8) is 0 Å². The van der Waals surface area contributed by atoms with Crippen molar-refractivity contribution in [1.82, 2.24) is 5.01 Å². The molecule has 5 rings (SSSR count). The van der Waals surface area contributed by atoms with Crippen LogP contribution in [0.4, 0.5) is 11.4 Å². The number of allylic oxidation sites excluding steroid dienone is 1. The van der Waals surface area contributed by atoms with Crippen LogP contribution in [0.15, 0.2) is 70.3 Å². The van der Waals surface area contributed by atoms with Crippen molar-refractivity contribution >= 4 is 51.1 Å². The number of imide groups is 1. The third-order valence-corrected chi connectivity index (χ3v) is 6.51. The summed E-state index contributed by atoms with van der Waals surface area (Å²) in [5, 5.41) is 16.9. The summed E-state index contributed by atoms with van der Waals surface area (Å²) in [5.41, 5.74) is 0.291. The van der Waals surface area contributed by atoms with Gasteiger partial charge in [-0.05, 0) is 30.3 Å². The number of rotatable bonds is 4. The first-order valence-electron chi connectivity index (χ1n) is 9.79. The number of carbonyl (C=O) groups is 3. The Labute approximate surface area is 190 Å². The topological polar surface area (TPSA) is 113 Å². The maximum atomic E-state index is 13.5. The second kappa shape index (κ2) is 7.49. The molecule has 0 aromatic heterocycles. The highest BCUT2D eigenvalue weighted by atomic mass is 79.9. The number of hydrogen-bond acceptors (Lipinski definition) is 7. The lowest BCUT2D eigenvalue weighted by Crippen LogP contribution is -2.46. The summed E-state index contributed by atoms with van der Waals surface area (Å²) >= 11 is 3.34. The maximum Gasteiger partial charge on any atom is 0.270 e. The molecular weight excluding hydrogens is 480 g/mol. The maximum absolute atomic E-state index is 13.5. The zero-order valence-corrected chi connectivity index (χ0v) is 18.0. The van der Waals surface area contributed by atoms with Gasteiger partial charge >= 0.3 is 0 Å². The Morgan fingerprint density at radius 1 is 1.06 bits per heavy atom. The molecule has 10 heteroatoms. The zero-order valence-electron chi connectivity index (χ0n) is 16.4. The van der Waals surface area contributed by atoms with Crippen LogP contribution in [0.25, 0.3) is 0 Å². The van der Waals surface area contributed by atoms with Crippen molar-refractivity contribution in [3.05, 3.63) is 80.8 Å². The molecule has 3 aliphatic rings. The number of hydrogen-bond donors (Lipinski definition) is 0. The van der Waals surface area contributed by atoms with E-state index >= 15 is 0 Å². The van der Waals surface area contributed by atoms with E-state index in [2.05, 4.69) is 21.0 Å². The Bertz CT molecular complexity index is 1230. The quantitative estimate of drug-likeness (QED) is 0.279. The molecule has 0 bridgehead atoms. The van der Waals surface area contributed by atoms with Crippen molar-refractivity contribution < 1.29 is 19.3 Å². The minimum Gasteiger partial charge on any atom is -0.292 e. The molecule has 4 atom stereocenters. The molecule has 0 spiro atoms. The number of non-ortho nitro benzene ring substituents is 1. The van der Waals surface area contributed by atoms with Crippen LogP contribution in [0.1, 0.15) is 10.4 Å². The second-order valence-corrected chi connectivity index (χ2v) is 8.59. The third-order valence-electron chi connectivity index (χ3n) is 5.99. The number of ketones is 1. The van der Waals surface area contributed by atoms with Crippen LogP contribution in [0.3, 0.4) is 0 Å². The van der Waals surface area contributed by atoms with Crippen molar-refractivity contribution in [2.24, 2.45) is 16.9 Å². The average Bonchev–Trinajstić information content (AvgIpc) is 3.27. The predicted octanol–water partition coefficient (Wildman–Crippen LogP) is 2.95. The fraction of sp³-hybridized carbons (Fsp3) is 0.182. The van der Waals surface area contributed by atoms with Gasteiger partial charge in [-0.25, -0.2) is 4.90 Å². The number of fused-ring (bicyclic) bond motifs is 3. The molecule has 0 unspecified atom stereocenters. The minimum absolute atomic E-state index is 0.0932. The van der Waals surface area contributed by atoms with Crippen LogP contribution in [-0.4, -0.2) is 45.8 Å². The Kier molecular flexibility index (Phi) is 4.74. The van der Waals surface area contributed by atoms with E-state index in [1.807, 2.05) is 0 Å². The predicted molar refractivity (Wildman–Crippen MR) is 118 cm³/mol. The Hall–Kier alpha value is -3.66. The van der Waals surface area contributed by atoms with Crippen molar-refractivity contribution in [2.75, 3.05) is 4.90 Å². The summed E-state index contributed by atoms with van der Waals surface area (Å²) < 4.78 is 0.801. The highest BCUT2D eigenvalue weighted by Gasteiger charge is 2.64. The first-order valence-corrected chi connectivity index (χ1v) is 10.6. The number of anilines is 1. The number of nitrogens with zero attached hydrogens (tertiary/aromatic N) is 4. The summed E-state index contributed by atoms with van der Waals surface area (Å²) in [7, 11) is 0. The van der Waals surface area contributed by atoms with E-state index in [9.17, 15) is 24.5 Å². The fourth-order valence-corrected chi connectivity index (χ4v) is 4.89. The van der Waals surface area contributed by atoms with Gasteiger partial charge in [-0.1, -0.05) is 34.1 Å². The second-order valence-electron chi connectivity index (χ2n) is 7.68. The molecule has 32 heavy (non-hydrogen) atoms. The molecule has 160 valence electrons. The van der Waals surface area contributed by atoms with Gasteiger partial charge in [0, 0.05) is 28.4 Å². The highest BCUT2D eigenvalue weighted by Crippen LogP contribution is 2.46. The third kappa shape index (κ3) is 2.98. The number of benzene rings is 2. The fourth-order valence-electron chi connectivity index (χ4n) is 4.63. The van der Waals surface area contributed by atoms with E-state index in [1.165, 1.54) is 35.5 Å². The first-order chi connectivity index (χ1) is 15.4. The van der Waals surface area contributed by atoms with Gasteiger partial charge in [0.25, 0.3) is 5.69 Å². The number of nitro groups is 1. The largest absolute Gasteiger partial charge is 0.292 e. The molecule has 0 radical (unpaired) electrons. The summed E-state index contributed by atoms with van der Waals surface area (Å²) in [6, 6.07) is 10.5. The van der Waals surface area contributed by atoms with Crippen molar-refractivity contribution in [3.8, 4) is 0 Å². The van der Waals surface area contributed by atoms with E-state index in [-0.39, 0.29) is 11.3 Å². The lowest BCUT2D eigenvalue weighted by atomic mass is 9.86. The first kappa shape index (κ1) is 20.3. The number of carbonyl (C=O) groups excluding carboxylic acids is 3. The standard InChI is InChI=1S/C22H15BrN4O5/c23-13-6-8-14(9-7-13)25-21(29)17-16-5-2-10-24-26(16)19(18(17)22(25)30)20(28)12-3-1-4-15(11-12)27(31)32/h1-11,16-19H/t16-,17-,18+,19+/m1/s1. The smallest absolute Gasteiger partial charge is 0.270 e. The van der Waals surface area contributed by atoms with Crippen molar-refractivity contribution in [1.29, 1.82) is 0 Å². The molecule has 2 saturated heterocycles. The molecule has 3 aliphatic heterocycles. The normalized spacial score (nSPS) is 25.8. The van der Waals surface area contributed by atoms with Crippen LogP contribution in [0, 0.1) is 22.0 Å². The molecule has 9 nitrogen and oxygen atoms in total. The molecule has 2 aromatic carbocycles. The lowest BCUT2D eigenvalue weighted by Gasteiger charge is -2.30. The Morgan fingerprint density at radius 3 is 2.50 bits per heavy atom. The lowest BCUT2D eigenvalue weighted by molar-refractivity contribution is -0.384. The molecule has 0 saturated carbocycles. The van der Waals surface area contributed by atoms with E-state index in [4.69, 9.17) is 0 Å². The van der Waals surface area contributed by atoms with Crippen LogP contribution in [-0.2, 0) is 9.59 Å². The van der Waals surface area contributed by atoms with Gasteiger partial charge in [-0.2, -0.15) is 5.10 Å². The number of hydrazone groups is 1. The van der Waals surface area contributed by atoms with Gasteiger partial charge in [-0.3, -0.25) is 29.5 Å². The van der Waals surface area contributed by atoms with E-state index < -0.39 is 46.4 Å². The van der Waals surface area contributed by atoms with Gasteiger partial charge in [0.1, 0.15) is 6.04 Å². The highest BCUT2D eigenvalue weighted by molar-refractivity contribution is 9.10. The Balaban J connectivity index is 1.57. The van der Waals surface area contributed by atoms with Gasteiger partial charge in [0.15, 0.2) is 5.78 Å². The van der Waals surface area contributed by atoms with Gasteiger partial charge < -0.3 is 0 Å². The average molecular weight is 495 g/mol. The van der Waals surface area contributed by atoms with Crippen LogP contribution >= 0.6 is 15.9 Å².